The van der Waals surface area contributed by atoms with Crippen molar-refractivity contribution in [1.82, 2.24) is 28.7 Å². The molecule has 5 rings (SSSR count). The molecule has 0 saturated carbocycles. The van der Waals surface area contributed by atoms with Crippen molar-refractivity contribution in [3.8, 4) is 16.9 Å². The average molecular weight is 611 g/mol. The number of pyridine rings is 2. The molecule has 43 heavy (non-hydrogen) atoms. The number of halogens is 2. The highest BCUT2D eigenvalue weighted by atomic mass is 32.2. The monoisotopic (exact) mass is 610 g/mol. The van der Waals surface area contributed by atoms with Crippen LogP contribution in [0.2, 0.25) is 0 Å². The van der Waals surface area contributed by atoms with Crippen LogP contribution in [-0.4, -0.2) is 82.8 Å². The number of nitrogens with zero attached hydrogens (tertiary/aromatic N) is 7. The standard InChI is InChI=1S/C28H28F2N8O4S/c1-5-22(39)36-12-13-37(16(2)15-36)25-17-14-19(30)24(23-18(29)8-6-9-20(23)31)33-26(17)38(28(40)34-25)21-10-7-11-32-27(21)43(41,42)35(3)4/h5-11,14,16H,1,12-13,15,31H2,2-4H3/t16-/m0/s1. The van der Waals surface area contributed by atoms with Crippen LogP contribution in [0, 0.1) is 11.6 Å². The van der Waals surface area contributed by atoms with Gasteiger partial charge in [0.25, 0.3) is 10.0 Å². The minimum absolute atomic E-state index is 0.0446. The first kappa shape index (κ1) is 29.7. The van der Waals surface area contributed by atoms with Gasteiger partial charge in [-0.2, -0.15) is 4.98 Å². The fourth-order valence-electron chi connectivity index (χ4n) is 5.03. The molecule has 15 heteroatoms. The second-order valence-corrected chi connectivity index (χ2v) is 12.2. The van der Waals surface area contributed by atoms with Gasteiger partial charge >= 0.3 is 5.69 Å². The van der Waals surface area contributed by atoms with Crippen LogP contribution in [0.1, 0.15) is 6.92 Å². The number of nitrogens with two attached hydrogens (primary N) is 1. The highest BCUT2D eigenvalue weighted by Crippen LogP contribution is 2.35. The summed E-state index contributed by atoms with van der Waals surface area (Å²) in [6, 6.07) is 7.30. The molecule has 1 saturated heterocycles. The van der Waals surface area contributed by atoms with Crippen molar-refractivity contribution >= 4 is 38.5 Å². The molecule has 1 aromatic carbocycles. The number of rotatable bonds is 6. The number of hydrogen-bond acceptors (Lipinski definition) is 9. The van der Waals surface area contributed by atoms with Gasteiger partial charge in [0.2, 0.25) is 5.91 Å². The summed E-state index contributed by atoms with van der Waals surface area (Å²) in [6.07, 6.45) is 2.46. The van der Waals surface area contributed by atoms with Crippen molar-refractivity contribution < 1.29 is 22.0 Å². The van der Waals surface area contributed by atoms with Crippen molar-refractivity contribution in [2.45, 2.75) is 18.0 Å². The first-order valence-electron chi connectivity index (χ1n) is 13.1. The fourth-order valence-corrected chi connectivity index (χ4v) is 6.00. The number of hydrogen-bond donors (Lipinski definition) is 1. The lowest BCUT2D eigenvalue weighted by Gasteiger charge is -2.40. The molecular formula is C28H28F2N8O4S. The Bertz CT molecular complexity index is 1930. The van der Waals surface area contributed by atoms with E-state index in [1.165, 1.54) is 50.6 Å². The lowest BCUT2D eigenvalue weighted by molar-refractivity contribution is -0.126. The van der Waals surface area contributed by atoms with Crippen LogP contribution < -0.4 is 16.3 Å². The summed E-state index contributed by atoms with van der Waals surface area (Å²) >= 11 is 0. The van der Waals surface area contributed by atoms with Crippen molar-refractivity contribution in [2.75, 3.05) is 44.4 Å². The first-order chi connectivity index (χ1) is 20.4. The molecule has 12 nitrogen and oxygen atoms in total. The summed E-state index contributed by atoms with van der Waals surface area (Å²) in [5.41, 5.74) is 3.78. The van der Waals surface area contributed by atoms with E-state index in [1.807, 2.05) is 6.92 Å². The van der Waals surface area contributed by atoms with Crippen LogP contribution in [0.5, 0.6) is 0 Å². The summed E-state index contributed by atoms with van der Waals surface area (Å²) in [7, 11) is -1.57. The molecule has 1 fully saturated rings. The molecule has 224 valence electrons. The van der Waals surface area contributed by atoms with Gasteiger partial charge in [-0.25, -0.2) is 40.8 Å². The minimum atomic E-state index is -4.18. The number of fused-ring (bicyclic) bond motifs is 1. The van der Waals surface area contributed by atoms with Crippen LogP contribution >= 0.6 is 0 Å². The zero-order valence-electron chi connectivity index (χ0n) is 23.5. The maximum absolute atomic E-state index is 15.8. The summed E-state index contributed by atoms with van der Waals surface area (Å²) in [6.45, 7) is 6.11. The molecule has 3 aromatic heterocycles. The predicted octanol–water partition coefficient (Wildman–Crippen LogP) is 2.18. The minimum Gasteiger partial charge on any atom is -0.398 e. The van der Waals surface area contributed by atoms with E-state index in [2.05, 4.69) is 21.5 Å². The van der Waals surface area contributed by atoms with Crippen molar-refractivity contribution in [3.63, 3.8) is 0 Å². The number of carbonyl (C=O) groups excluding carboxylic acids is 1. The Morgan fingerprint density at radius 3 is 2.53 bits per heavy atom. The van der Waals surface area contributed by atoms with Crippen LogP contribution in [0.4, 0.5) is 20.3 Å². The van der Waals surface area contributed by atoms with Crippen LogP contribution in [-0.2, 0) is 14.8 Å². The van der Waals surface area contributed by atoms with Crippen LogP contribution in [0.3, 0.4) is 0 Å². The number of sulfonamides is 1. The fraction of sp³-hybridized carbons (Fsp3) is 0.250. The molecule has 2 N–H and O–H groups in total. The van der Waals surface area contributed by atoms with Gasteiger partial charge in [0.15, 0.2) is 16.5 Å². The van der Waals surface area contributed by atoms with Gasteiger partial charge in [-0.3, -0.25) is 4.79 Å². The second-order valence-electron chi connectivity index (χ2n) is 10.1. The summed E-state index contributed by atoms with van der Waals surface area (Å²) in [4.78, 5) is 42.0. The molecule has 4 heterocycles. The van der Waals surface area contributed by atoms with Gasteiger partial charge in [0.05, 0.1) is 16.6 Å². The normalized spacial score (nSPS) is 15.7. The summed E-state index contributed by atoms with van der Waals surface area (Å²) in [5, 5.41) is -0.427. The van der Waals surface area contributed by atoms with Crippen molar-refractivity contribution in [3.05, 3.63) is 77.4 Å². The zero-order chi connectivity index (χ0) is 31.2. The van der Waals surface area contributed by atoms with E-state index in [0.29, 0.717) is 0 Å². The molecule has 1 aliphatic rings. The maximum atomic E-state index is 15.8. The largest absolute Gasteiger partial charge is 0.398 e. The van der Waals surface area contributed by atoms with Gasteiger partial charge in [-0.05, 0) is 43.3 Å². The second kappa shape index (κ2) is 11.1. The lowest BCUT2D eigenvalue weighted by Crippen LogP contribution is -2.54. The molecule has 0 radical (unpaired) electrons. The highest BCUT2D eigenvalue weighted by molar-refractivity contribution is 7.89. The number of piperazine rings is 1. The number of aromatic nitrogens is 4. The lowest BCUT2D eigenvalue weighted by atomic mass is 10.1. The van der Waals surface area contributed by atoms with Crippen molar-refractivity contribution in [2.24, 2.45) is 0 Å². The Kier molecular flexibility index (Phi) is 7.70. The smallest absolute Gasteiger partial charge is 0.355 e. The maximum Gasteiger partial charge on any atom is 0.355 e. The van der Waals surface area contributed by atoms with Crippen LogP contribution in [0.25, 0.3) is 28.0 Å². The third-order valence-electron chi connectivity index (χ3n) is 7.19. The Balaban J connectivity index is 1.84. The highest BCUT2D eigenvalue weighted by Gasteiger charge is 2.32. The predicted molar refractivity (Wildman–Crippen MR) is 157 cm³/mol. The Morgan fingerprint density at radius 2 is 1.88 bits per heavy atom. The molecule has 0 aliphatic carbocycles. The molecule has 0 unspecified atom stereocenters. The average Bonchev–Trinajstić information content (AvgIpc) is 2.96. The Hall–Kier alpha value is -4.76. The van der Waals surface area contributed by atoms with Gasteiger partial charge < -0.3 is 15.5 Å². The third kappa shape index (κ3) is 5.10. The summed E-state index contributed by atoms with van der Waals surface area (Å²) in [5.74, 6) is -1.98. The molecule has 1 atom stereocenters. The Labute approximate surface area is 245 Å². The molecule has 1 aliphatic heterocycles. The number of benzene rings is 1. The SMILES string of the molecule is C=CC(=O)N1CCN(c2nc(=O)n(-c3cccnc3S(=O)(=O)N(C)C)c3nc(-c4c(N)cccc4F)c(F)cc23)[C@@H](C)C1. The number of nitrogen functional groups attached to an aromatic ring is 1. The van der Waals surface area contributed by atoms with Crippen LogP contribution in [0.15, 0.2) is 65.1 Å². The van der Waals surface area contributed by atoms with Crippen molar-refractivity contribution in [1.29, 1.82) is 0 Å². The topological polar surface area (TPSA) is 148 Å². The first-order valence-corrected chi connectivity index (χ1v) is 14.5. The zero-order valence-corrected chi connectivity index (χ0v) is 24.3. The molecule has 4 aromatic rings. The molecule has 1 amide bonds. The third-order valence-corrected chi connectivity index (χ3v) is 8.95. The molecule has 0 bridgehead atoms. The number of amides is 1. The number of carbonyl (C=O) groups is 1. The van der Waals surface area contributed by atoms with E-state index >= 15 is 4.39 Å². The summed E-state index contributed by atoms with van der Waals surface area (Å²) < 4.78 is 59.1. The van der Waals surface area contributed by atoms with E-state index in [9.17, 15) is 22.4 Å². The van der Waals surface area contributed by atoms with E-state index in [4.69, 9.17) is 5.73 Å². The molecule has 0 spiro atoms. The van der Waals surface area contributed by atoms with E-state index in [-0.39, 0.29) is 65.4 Å². The Morgan fingerprint density at radius 1 is 1.14 bits per heavy atom. The van der Waals surface area contributed by atoms with Gasteiger partial charge in [0.1, 0.15) is 17.3 Å². The molecular weight excluding hydrogens is 582 g/mol. The van der Waals surface area contributed by atoms with E-state index < -0.39 is 38.1 Å². The van der Waals surface area contributed by atoms with Gasteiger partial charge in [0, 0.05) is 51.7 Å². The quantitative estimate of drug-likeness (QED) is 0.256. The van der Waals surface area contributed by atoms with E-state index in [0.717, 1.165) is 21.0 Å². The van der Waals surface area contributed by atoms with E-state index in [1.54, 1.807) is 9.80 Å². The van der Waals surface area contributed by atoms with Gasteiger partial charge in [-0.15, -0.1) is 0 Å². The number of anilines is 2. The van der Waals surface area contributed by atoms with Gasteiger partial charge in [-0.1, -0.05) is 12.6 Å².